The van der Waals surface area contributed by atoms with E-state index in [1.807, 2.05) is 53.9 Å². The van der Waals surface area contributed by atoms with E-state index in [2.05, 4.69) is 26.2 Å². The van der Waals surface area contributed by atoms with E-state index in [4.69, 9.17) is 11.6 Å². The molecule has 0 aliphatic heterocycles. The van der Waals surface area contributed by atoms with Crippen LogP contribution >= 0.6 is 38.9 Å². The fourth-order valence-electron chi connectivity index (χ4n) is 2.37. The molecule has 0 bridgehead atoms. The molecule has 0 spiro atoms. The maximum Gasteiger partial charge on any atom is 0.226 e. The van der Waals surface area contributed by atoms with Gasteiger partial charge in [0, 0.05) is 26.9 Å². The molecule has 0 atom stereocenters. The summed E-state index contributed by atoms with van der Waals surface area (Å²) < 4.78 is 1.03. The second-order valence-corrected chi connectivity index (χ2v) is 7.78. The summed E-state index contributed by atoms with van der Waals surface area (Å²) in [5, 5.41) is 6.19. The molecule has 2 aromatic carbocycles. The molecule has 0 aliphatic rings. The Kier molecular flexibility index (Phi) is 6.24. The van der Waals surface area contributed by atoms with Crippen molar-refractivity contribution in [3.63, 3.8) is 0 Å². The monoisotopic (exact) mass is 434 g/mol. The molecule has 0 aliphatic carbocycles. The van der Waals surface area contributed by atoms with Gasteiger partial charge in [-0.05, 0) is 42.7 Å². The lowest BCUT2D eigenvalue weighted by atomic mass is 10.1. The maximum absolute atomic E-state index is 12.1. The van der Waals surface area contributed by atoms with Gasteiger partial charge in [-0.2, -0.15) is 0 Å². The van der Waals surface area contributed by atoms with Gasteiger partial charge in [-0.15, -0.1) is 11.3 Å². The minimum Gasteiger partial charge on any atom is -0.302 e. The van der Waals surface area contributed by atoms with Crippen LogP contribution in [0.5, 0.6) is 0 Å². The Morgan fingerprint density at radius 1 is 1.12 bits per heavy atom. The number of carbonyl (C=O) groups is 1. The predicted octanol–water partition coefficient (Wildman–Crippen LogP) is 6.19. The van der Waals surface area contributed by atoms with Gasteiger partial charge in [0.05, 0.1) is 5.69 Å². The molecule has 1 N–H and O–H groups in total. The number of amides is 1. The summed E-state index contributed by atoms with van der Waals surface area (Å²) >= 11 is 10.7. The van der Waals surface area contributed by atoms with Crippen LogP contribution in [0.2, 0.25) is 5.02 Å². The first-order valence-corrected chi connectivity index (χ1v) is 9.91. The molecule has 0 saturated carbocycles. The topological polar surface area (TPSA) is 42.0 Å². The molecule has 3 nitrogen and oxygen atoms in total. The Morgan fingerprint density at radius 3 is 2.56 bits per heavy atom. The third-order valence-corrected chi connectivity index (χ3v) is 5.21. The van der Waals surface area contributed by atoms with Gasteiger partial charge >= 0.3 is 0 Å². The minimum absolute atomic E-state index is 0.00864. The Morgan fingerprint density at radius 2 is 1.84 bits per heavy atom. The van der Waals surface area contributed by atoms with Crippen LogP contribution in [0, 0.1) is 0 Å². The average molecular weight is 436 g/mol. The van der Waals surface area contributed by atoms with Gasteiger partial charge in [0.2, 0.25) is 5.91 Å². The normalized spacial score (nSPS) is 10.6. The number of aromatic nitrogens is 1. The number of nitrogens with zero attached hydrogens (tertiary/aromatic N) is 1. The van der Waals surface area contributed by atoms with Gasteiger partial charge < -0.3 is 5.32 Å². The standard InChI is InChI=1S/C19H16BrClN2OS/c20-15-8-6-14(7-9-15)17-12-25-19(22-17)23-18(24)3-1-2-13-4-10-16(21)11-5-13/h4-12H,1-3H2,(H,22,23,24). The van der Waals surface area contributed by atoms with Gasteiger partial charge in [-0.3, -0.25) is 4.79 Å². The van der Waals surface area contributed by atoms with Crippen molar-refractivity contribution in [2.75, 3.05) is 5.32 Å². The van der Waals surface area contributed by atoms with E-state index < -0.39 is 0 Å². The lowest BCUT2D eigenvalue weighted by Crippen LogP contribution is -2.11. The van der Waals surface area contributed by atoms with Gasteiger partial charge in [-0.1, -0.05) is 51.8 Å². The molecule has 0 fully saturated rings. The zero-order chi connectivity index (χ0) is 17.6. The fraction of sp³-hybridized carbons (Fsp3) is 0.158. The lowest BCUT2D eigenvalue weighted by molar-refractivity contribution is -0.116. The quantitative estimate of drug-likeness (QED) is 0.502. The Balaban J connectivity index is 1.49. The predicted molar refractivity (Wildman–Crippen MR) is 108 cm³/mol. The number of hydrogen-bond donors (Lipinski definition) is 1. The van der Waals surface area contributed by atoms with Crippen molar-refractivity contribution in [1.29, 1.82) is 0 Å². The SMILES string of the molecule is O=C(CCCc1ccc(Cl)cc1)Nc1nc(-c2ccc(Br)cc2)cs1. The van der Waals surface area contributed by atoms with Crippen molar-refractivity contribution in [1.82, 2.24) is 4.98 Å². The van der Waals surface area contributed by atoms with Crippen molar-refractivity contribution in [3.8, 4) is 11.3 Å². The number of halogens is 2. The summed E-state index contributed by atoms with van der Waals surface area (Å²) in [5.41, 5.74) is 3.08. The first-order chi connectivity index (χ1) is 12.1. The van der Waals surface area contributed by atoms with Crippen LogP contribution in [-0.4, -0.2) is 10.9 Å². The van der Waals surface area contributed by atoms with Crippen molar-refractivity contribution in [2.45, 2.75) is 19.3 Å². The summed E-state index contributed by atoms with van der Waals surface area (Å²) in [6.07, 6.45) is 2.11. The van der Waals surface area contributed by atoms with E-state index in [9.17, 15) is 4.79 Å². The van der Waals surface area contributed by atoms with Gasteiger partial charge in [-0.25, -0.2) is 4.98 Å². The summed E-state index contributed by atoms with van der Waals surface area (Å²) in [4.78, 5) is 16.6. The van der Waals surface area contributed by atoms with Crippen LogP contribution in [0.4, 0.5) is 5.13 Å². The van der Waals surface area contributed by atoms with Crippen LogP contribution in [0.15, 0.2) is 58.4 Å². The number of benzene rings is 2. The summed E-state index contributed by atoms with van der Waals surface area (Å²) in [6, 6.07) is 15.7. The van der Waals surface area contributed by atoms with E-state index >= 15 is 0 Å². The molecule has 3 aromatic rings. The summed E-state index contributed by atoms with van der Waals surface area (Å²) in [7, 11) is 0. The number of carbonyl (C=O) groups excluding carboxylic acids is 1. The largest absolute Gasteiger partial charge is 0.302 e. The molecule has 3 rings (SSSR count). The van der Waals surface area contributed by atoms with E-state index in [0.29, 0.717) is 11.6 Å². The zero-order valence-corrected chi connectivity index (χ0v) is 16.5. The Labute approximate surface area is 164 Å². The van der Waals surface area contributed by atoms with Gasteiger partial charge in [0.25, 0.3) is 0 Å². The number of thiazole rings is 1. The molecule has 1 heterocycles. The van der Waals surface area contributed by atoms with Crippen LogP contribution in [0.25, 0.3) is 11.3 Å². The highest BCUT2D eigenvalue weighted by atomic mass is 79.9. The van der Waals surface area contributed by atoms with Crippen LogP contribution in [-0.2, 0) is 11.2 Å². The number of hydrogen-bond acceptors (Lipinski definition) is 3. The summed E-state index contributed by atoms with van der Waals surface area (Å²) in [6.45, 7) is 0. The van der Waals surface area contributed by atoms with E-state index in [1.165, 1.54) is 16.9 Å². The molecule has 25 heavy (non-hydrogen) atoms. The number of nitrogens with one attached hydrogen (secondary N) is 1. The highest BCUT2D eigenvalue weighted by Gasteiger charge is 2.08. The third kappa shape index (κ3) is 5.39. The molecule has 1 aromatic heterocycles. The smallest absolute Gasteiger partial charge is 0.226 e. The van der Waals surface area contributed by atoms with E-state index in [-0.39, 0.29) is 5.91 Å². The van der Waals surface area contributed by atoms with Crippen molar-refractivity contribution in [3.05, 3.63) is 69.0 Å². The molecular formula is C19H16BrClN2OS. The molecule has 0 unspecified atom stereocenters. The van der Waals surface area contributed by atoms with E-state index in [1.54, 1.807) is 0 Å². The van der Waals surface area contributed by atoms with Crippen LogP contribution < -0.4 is 5.32 Å². The maximum atomic E-state index is 12.1. The first-order valence-electron chi connectivity index (χ1n) is 7.86. The highest BCUT2D eigenvalue weighted by molar-refractivity contribution is 9.10. The third-order valence-electron chi connectivity index (χ3n) is 3.67. The number of rotatable bonds is 6. The Hall–Kier alpha value is -1.69. The second kappa shape index (κ2) is 8.61. The number of anilines is 1. The molecular weight excluding hydrogens is 420 g/mol. The fourth-order valence-corrected chi connectivity index (χ4v) is 3.50. The van der Waals surface area contributed by atoms with Gasteiger partial charge in [0.15, 0.2) is 5.13 Å². The van der Waals surface area contributed by atoms with Crippen LogP contribution in [0.1, 0.15) is 18.4 Å². The van der Waals surface area contributed by atoms with Crippen molar-refractivity contribution >= 4 is 49.9 Å². The molecule has 1 amide bonds. The summed E-state index contributed by atoms with van der Waals surface area (Å²) in [5.74, 6) is -0.00864. The second-order valence-electron chi connectivity index (χ2n) is 5.57. The first kappa shape index (κ1) is 18.1. The molecule has 6 heteroatoms. The van der Waals surface area contributed by atoms with Crippen LogP contribution in [0.3, 0.4) is 0 Å². The molecule has 0 saturated heterocycles. The minimum atomic E-state index is -0.00864. The average Bonchev–Trinajstić information content (AvgIpc) is 3.06. The lowest BCUT2D eigenvalue weighted by Gasteiger charge is -2.03. The van der Waals surface area contributed by atoms with E-state index in [0.717, 1.165) is 33.6 Å². The molecule has 0 radical (unpaired) electrons. The Bertz CT molecular complexity index is 847. The van der Waals surface area contributed by atoms with Crippen molar-refractivity contribution in [2.24, 2.45) is 0 Å². The van der Waals surface area contributed by atoms with Gasteiger partial charge in [0.1, 0.15) is 0 Å². The molecule has 128 valence electrons. The highest BCUT2D eigenvalue weighted by Crippen LogP contribution is 2.26. The zero-order valence-electron chi connectivity index (χ0n) is 13.3. The number of aryl methyl sites for hydroxylation is 1. The van der Waals surface area contributed by atoms with Crippen molar-refractivity contribution < 1.29 is 4.79 Å².